The number of sulfone groups is 1. The van der Waals surface area contributed by atoms with Gasteiger partial charge in [0.25, 0.3) is 0 Å². The number of hydrogen-bond acceptors (Lipinski definition) is 4. The van der Waals surface area contributed by atoms with Crippen LogP contribution in [0.5, 0.6) is 0 Å². The molecule has 1 atom stereocenters. The molecule has 7 heteroatoms. The highest BCUT2D eigenvalue weighted by molar-refractivity contribution is 9.10. The van der Waals surface area contributed by atoms with Gasteiger partial charge < -0.3 is 5.73 Å². The van der Waals surface area contributed by atoms with Gasteiger partial charge in [-0.1, -0.05) is 22.0 Å². The number of nitrogens with two attached hydrogens (primary N) is 1. The first-order valence-electron chi connectivity index (χ1n) is 4.84. The Hall–Kier alpha value is -0.400. The molecule has 0 aliphatic heterocycles. The molecule has 0 bridgehead atoms. The second-order valence-corrected chi connectivity index (χ2v) is 8.51. The van der Waals surface area contributed by atoms with Crippen LogP contribution in [0.15, 0.2) is 22.7 Å². The van der Waals surface area contributed by atoms with Crippen molar-refractivity contribution >= 4 is 42.3 Å². The molecule has 0 amide bonds. The van der Waals surface area contributed by atoms with Gasteiger partial charge in [-0.2, -0.15) is 0 Å². The lowest BCUT2D eigenvalue weighted by atomic mass is 10.2. The minimum Gasteiger partial charge on any atom is -0.398 e. The van der Waals surface area contributed by atoms with Crippen LogP contribution < -0.4 is 5.73 Å². The van der Waals surface area contributed by atoms with Crippen LogP contribution in [-0.4, -0.2) is 30.4 Å². The molecule has 0 aliphatic rings. The van der Waals surface area contributed by atoms with E-state index in [1.807, 2.05) is 6.07 Å². The van der Waals surface area contributed by atoms with E-state index >= 15 is 0 Å². The van der Waals surface area contributed by atoms with Crippen LogP contribution in [0, 0.1) is 0 Å². The molecular weight excluding hydrogens is 326 g/mol. The van der Waals surface area contributed by atoms with E-state index in [9.17, 15) is 12.6 Å². The topological polar surface area (TPSA) is 77.2 Å². The summed E-state index contributed by atoms with van der Waals surface area (Å²) in [6.45, 7) is 0. The van der Waals surface area contributed by atoms with Crippen LogP contribution >= 0.6 is 15.9 Å². The van der Waals surface area contributed by atoms with Crippen LogP contribution in [0.4, 0.5) is 5.69 Å². The number of benzene rings is 1. The summed E-state index contributed by atoms with van der Waals surface area (Å²) in [7, 11) is -4.27. The maximum absolute atomic E-state index is 11.7. The van der Waals surface area contributed by atoms with Crippen molar-refractivity contribution < 1.29 is 12.6 Å². The molecule has 2 N–H and O–H groups in total. The second-order valence-electron chi connectivity index (χ2n) is 3.76. The largest absolute Gasteiger partial charge is 0.398 e. The van der Waals surface area contributed by atoms with Crippen molar-refractivity contribution in [2.75, 3.05) is 23.5 Å². The zero-order chi connectivity index (χ0) is 13.1. The van der Waals surface area contributed by atoms with Gasteiger partial charge in [-0.3, -0.25) is 4.21 Å². The van der Waals surface area contributed by atoms with Crippen LogP contribution in [0.1, 0.15) is 5.56 Å². The number of hydrogen-bond donors (Lipinski definition) is 1. The zero-order valence-corrected chi connectivity index (χ0v) is 12.6. The molecule has 17 heavy (non-hydrogen) atoms. The van der Waals surface area contributed by atoms with E-state index in [1.165, 1.54) is 0 Å². The van der Waals surface area contributed by atoms with E-state index in [0.717, 1.165) is 16.3 Å². The fourth-order valence-electron chi connectivity index (χ4n) is 1.19. The average molecular weight is 340 g/mol. The highest BCUT2D eigenvalue weighted by Crippen LogP contribution is 2.19. The molecule has 0 heterocycles. The Morgan fingerprint density at radius 3 is 2.59 bits per heavy atom. The smallest absolute Gasteiger partial charge is 0.148 e. The quantitative estimate of drug-likeness (QED) is 0.821. The number of halogens is 1. The van der Waals surface area contributed by atoms with Crippen LogP contribution in [0.2, 0.25) is 0 Å². The van der Waals surface area contributed by atoms with Crippen molar-refractivity contribution in [2.24, 2.45) is 0 Å². The van der Waals surface area contributed by atoms with Gasteiger partial charge >= 0.3 is 0 Å². The molecule has 4 nitrogen and oxygen atoms in total. The maximum atomic E-state index is 11.7. The number of rotatable bonds is 5. The molecule has 0 saturated heterocycles. The third kappa shape index (κ3) is 5.65. The van der Waals surface area contributed by atoms with E-state index in [-0.39, 0.29) is 17.3 Å². The molecule has 1 rings (SSSR count). The molecule has 0 saturated carbocycles. The Balaban J connectivity index is 2.62. The molecule has 0 spiro atoms. The third-order valence-corrected chi connectivity index (χ3v) is 5.10. The standard InChI is InChI=1S/C10H14BrNO3S2/c1-17(14,15)5-4-16(13)7-8-2-3-9(11)6-10(8)12/h2-3,6H,4-5,7,12H2,1H3. The summed E-state index contributed by atoms with van der Waals surface area (Å²) in [5.74, 6) is 0.374. The van der Waals surface area contributed by atoms with Crippen molar-refractivity contribution in [3.05, 3.63) is 28.2 Å². The second kappa shape index (κ2) is 5.97. The van der Waals surface area contributed by atoms with Gasteiger partial charge in [0.15, 0.2) is 0 Å². The first-order chi connectivity index (χ1) is 7.78. The van der Waals surface area contributed by atoms with Gasteiger partial charge in [-0.05, 0) is 17.7 Å². The summed E-state index contributed by atoms with van der Waals surface area (Å²) in [5, 5.41) is 0. The fourth-order valence-corrected chi connectivity index (χ4v) is 4.27. The first kappa shape index (κ1) is 14.7. The van der Waals surface area contributed by atoms with E-state index < -0.39 is 20.6 Å². The maximum Gasteiger partial charge on any atom is 0.148 e. The fraction of sp³-hybridized carbons (Fsp3) is 0.400. The van der Waals surface area contributed by atoms with Gasteiger partial charge in [-0.15, -0.1) is 0 Å². The van der Waals surface area contributed by atoms with Crippen LogP contribution in [0.3, 0.4) is 0 Å². The lowest BCUT2D eigenvalue weighted by Gasteiger charge is -2.06. The predicted molar refractivity (Wildman–Crippen MR) is 75.0 cm³/mol. The molecule has 1 aromatic rings. The molecule has 0 aliphatic carbocycles. The summed E-state index contributed by atoms with van der Waals surface area (Å²) < 4.78 is 34.4. The van der Waals surface area contributed by atoms with Crippen molar-refractivity contribution in [2.45, 2.75) is 5.75 Å². The van der Waals surface area contributed by atoms with E-state index in [2.05, 4.69) is 15.9 Å². The minimum absolute atomic E-state index is 0.0595. The highest BCUT2D eigenvalue weighted by Gasteiger charge is 2.09. The molecule has 0 aromatic heterocycles. The van der Waals surface area contributed by atoms with Crippen LogP contribution in [0.25, 0.3) is 0 Å². The Morgan fingerprint density at radius 1 is 1.41 bits per heavy atom. The Kier molecular flexibility index (Phi) is 5.15. The van der Waals surface area contributed by atoms with Gasteiger partial charge in [0, 0.05) is 33.0 Å². The molecule has 0 radical (unpaired) electrons. The highest BCUT2D eigenvalue weighted by atomic mass is 79.9. The van der Waals surface area contributed by atoms with Crippen LogP contribution in [-0.2, 0) is 26.4 Å². The summed E-state index contributed by atoms with van der Waals surface area (Å²) in [4.78, 5) is 0. The summed E-state index contributed by atoms with van der Waals surface area (Å²) in [5.41, 5.74) is 7.11. The zero-order valence-electron chi connectivity index (χ0n) is 9.35. The van der Waals surface area contributed by atoms with Crippen molar-refractivity contribution in [1.29, 1.82) is 0 Å². The summed E-state index contributed by atoms with van der Waals surface area (Å²) in [6, 6.07) is 5.35. The van der Waals surface area contributed by atoms with Crippen molar-refractivity contribution in [3.63, 3.8) is 0 Å². The number of anilines is 1. The minimum atomic E-state index is -3.06. The molecule has 96 valence electrons. The SMILES string of the molecule is CS(=O)(=O)CCS(=O)Cc1ccc(Br)cc1N. The molecule has 1 unspecified atom stereocenters. The normalized spacial score (nSPS) is 13.5. The lowest BCUT2D eigenvalue weighted by molar-refractivity contribution is 0.602. The van der Waals surface area contributed by atoms with Gasteiger partial charge in [0.05, 0.1) is 11.5 Å². The van der Waals surface area contributed by atoms with Crippen molar-refractivity contribution in [3.8, 4) is 0 Å². The third-order valence-electron chi connectivity index (χ3n) is 2.11. The predicted octanol–water partition coefficient (Wildman–Crippen LogP) is 1.32. The molecular formula is C10H14BrNO3S2. The van der Waals surface area contributed by atoms with E-state index in [4.69, 9.17) is 5.73 Å². The lowest BCUT2D eigenvalue weighted by Crippen LogP contribution is -2.13. The van der Waals surface area contributed by atoms with Gasteiger partial charge in [0.2, 0.25) is 0 Å². The Morgan fingerprint density at radius 2 is 2.06 bits per heavy atom. The average Bonchev–Trinajstić information content (AvgIpc) is 2.18. The monoisotopic (exact) mass is 339 g/mol. The Bertz CT molecular complexity index is 528. The van der Waals surface area contributed by atoms with Crippen molar-refractivity contribution in [1.82, 2.24) is 0 Å². The molecule has 0 fully saturated rings. The van der Waals surface area contributed by atoms with E-state index in [1.54, 1.807) is 12.1 Å². The summed E-state index contributed by atoms with van der Waals surface area (Å²) in [6.07, 6.45) is 1.14. The van der Waals surface area contributed by atoms with Gasteiger partial charge in [-0.25, -0.2) is 8.42 Å². The Labute approximate surface area is 112 Å². The first-order valence-corrected chi connectivity index (χ1v) is 9.19. The number of nitrogen functional groups attached to an aromatic ring is 1. The summed E-state index contributed by atoms with van der Waals surface area (Å²) >= 11 is 3.28. The van der Waals surface area contributed by atoms with Gasteiger partial charge in [0.1, 0.15) is 9.84 Å². The van der Waals surface area contributed by atoms with E-state index in [0.29, 0.717) is 5.69 Å². The molecule has 1 aromatic carbocycles.